The number of hydrogen-bond acceptors (Lipinski definition) is 4. The first-order valence-corrected chi connectivity index (χ1v) is 10.8. The van der Waals surface area contributed by atoms with E-state index in [1.54, 1.807) is 6.07 Å². The van der Waals surface area contributed by atoms with E-state index in [-0.39, 0.29) is 36.7 Å². The third kappa shape index (κ3) is 7.76. The van der Waals surface area contributed by atoms with E-state index in [2.05, 4.69) is 43.4 Å². The van der Waals surface area contributed by atoms with Gasteiger partial charge in [0.2, 0.25) is 0 Å². The van der Waals surface area contributed by atoms with Crippen molar-refractivity contribution in [3.05, 3.63) is 65.0 Å². The van der Waals surface area contributed by atoms with Gasteiger partial charge in [-0.3, -0.25) is 4.79 Å². The predicted molar refractivity (Wildman–Crippen MR) is 125 cm³/mol. The number of ether oxygens (including phenoxy) is 1. The highest BCUT2D eigenvalue weighted by atomic mass is 35.5. The molecule has 0 aliphatic heterocycles. The quantitative estimate of drug-likeness (QED) is 0.464. The van der Waals surface area contributed by atoms with Crippen LogP contribution in [-0.2, 0) is 24.1 Å². The molecule has 3 N–H and O–H groups in total. The molecular formula is C25H33ClFNO4. The number of aryl methyl sites for hydroxylation is 1. The number of carboxylic acids is 1. The standard InChI is InChI=1S/C25H32FNO4.ClH/c1-25(2,14-18-11-19-5-3-4-6-20(19)12-18)27-15-21(28)16-31-23-13-17(7-9-22(23)26)8-10-24(29)30;/h3-7,9,13,18,21,27-28H,8,10-12,14-16H2,1-2H3,(H,29,30);1H/t21-;/m1./s1. The Morgan fingerprint density at radius 2 is 1.88 bits per heavy atom. The van der Waals surface area contributed by atoms with Gasteiger partial charge in [-0.15, -0.1) is 12.4 Å². The Balaban J connectivity index is 0.00000363. The smallest absolute Gasteiger partial charge is 0.303 e. The SMILES string of the molecule is CC(C)(CC1Cc2ccccc2C1)NC[C@@H](O)COc1cc(CCC(=O)O)ccc1F.Cl. The first kappa shape index (κ1) is 26.1. The molecule has 0 bridgehead atoms. The van der Waals surface area contributed by atoms with Crippen LogP contribution in [0.15, 0.2) is 42.5 Å². The zero-order chi connectivity index (χ0) is 22.4. The average Bonchev–Trinajstić information content (AvgIpc) is 3.12. The van der Waals surface area contributed by atoms with Gasteiger partial charge in [0.05, 0.1) is 0 Å². The highest BCUT2D eigenvalue weighted by Crippen LogP contribution is 2.31. The molecule has 0 heterocycles. The van der Waals surface area contributed by atoms with Crippen LogP contribution in [0.1, 0.15) is 43.4 Å². The van der Waals surface area contributed by atoms with Crippen molar-refractivity contribution < 1.29 is 24.1 Å². The summed E-state index contributed by atoms with van der Waals surface area (Å²) < 4.78 is 19.5. The Bertz CT molecular complexity index is 880. The molecule has 5 nitrogen and oxygen atoms in total. The van der Waals surface area contributed by atoms with Gasteiger partial charge < -0.3 is 20.3 Å². The normalized spacial score (nSPS) is 14.5. The van der Waals surface area contributed by atoms with Crippen molar-refractivity contribution in [3.8, 4) is 5.75 Å². The first-order valence-electron chi connectivity index (χ1n) is 10.8. The lowest BCUT2D eigenvalue weighted by molar-refractivity contribution is -0.136. The number of nitrogens with one attached hydrogen (secondary N) is 1. The lowest BCUT2D eigenvalue weighted by Crippen LogP contribution is -2.46. The van der Waals surface area contributed by atoms with Crippen LogP contribution < -0.4 is 10.1 Å². The molecule has 176 valence electrons. The number of carbonyl (C=O) groups is 1. The van der Waals surface area contributed by atoms with Crippen molar-refractivity contribution in [1.29, 1.82) is 0 Å². The monoisotopic (exact) mass is 465 g/mol. The largest absolute Gasteiger partial charge is 0.488 e. The van der Waals surface area contributed by atoms with Crippen molar-refractivity contribution in [2.75, 3.05) is 13.2 Å². The van der Waals surface area contributed by atoms with Gasteiger partial charge in [-0.25, -0.2) is 4.39 Å². The second-order valence-electron chi connectivity index (χ2n) is 9.14. The van der Waals surface area contributed by atoms with Gasteiger partial charge in [0.1, 0.15) is 12.7 Å². The molecule has 0 unspecified atom stereocenters. The molecule has 32 heavy (non-hydrogen) atoms. The molecule has 0 spiro atoms. The van der Waals surface area contributed by atoms with Gasteiger partial charge >= 0.3 is 5.97 Å². The molecule has 1 aliphatic carbocycles. The summed E-state index contributed by atoms with van der Waals surface area (Å²) in [5.41, 5.74) is 3.41. The molecule has 0 saturated carbocycles. The zero-order valence-corrected chi connectivity index (χ0v) is 19.5. The number of hydrogen-bond donors (Lipinski definition) is 3. The molecule has 0 radical (unpaired) electrons. The fraction of sp³-hybridized carbons (Fsp3) is 0.480. The maximum atomic E-state index is 14.0. The second kappa shape index (κ2) is 11.6. The van der Waals surface area contributed by atoms with Crippen LogP contribution in [0.2, 0.25) is 0 Å². The van der Waals surface area contributed by atoms with E-state index >= 15 is 0 Å². The lowest BCUT2D eigenvalue weighted by Gasteiger charge is -2.30. The maximum Gasteiger partial charge on any atom is 0.303 e. The summed E-state index contributed by atoms with van der Waals surface area (Å²) in [5, 5.41) is 22.5. The molecule has 0 aromatic heterocycles. The molecule has 3 rings (SSSR count). The molecule has 1 aliphatic rings. The molecule has 2 aromatic carbocycles. The van der Waals surface area contributed by atoms with Gasteiger partial charge in [0, 0.05) is 18.5 Å². The number of aliphatic hydroxyl groups excluding tert-OH is 1. The average molecular weight is 466 g/mol. The summed E-state index contributed by atoms with van der Waals surface area (Å²) in [6.45, 7) is 4.56. The Morgan fingerprint density at radius 1 is 1.22 bits per heavy atom. The summed E-state index contributed by atoms with van der Waals surface area (Å²) in [7, 11) is 0. The summed E-state index contributed by atoms with van der Waals surface area (Å²) in [4.78, 5) is 10.7. The fourth-order valence-electron chi connectivity index (χ4n) is 4.29. The topological polar surface area (TPSA) is 78.8 Å². The number of carboxylic acid groups (broad SMARTS) is 1. The van der Waals surface area contributed by atoms with Crippen LogP contribution in [0.4, 0.5) is 4.39 Å². The zero-order valence-electron chi connectivity index (χ0n) is 18.6. The minimum absolute atomic E-state index is 0. The number of β-amino-alcohol motifs (C(OH)–C–C–N with tert-alkyl or cyclic N) is 1. The van der Waals surface area contributed by atoms with Gasteiger partial charge in [-0.2, -0.15) is 0 Å². The van der Waals surface area contributed by atoms with E-state index in [1.807, 2.05) is 0 Å². The number of aliphatic carboxylic acids is 1. The van der Waals surface area contributed by atoms with Crippen molar-refractivity contribution >= 4 is 18.4 Å². The van der Waals surface area contributed by atoms with Gasteiger partial charge in [-0.1, -0.05) is 30.3 Å². The van der Waals surface area contributed by atoms with Crippen LogP contribution in [-0.4, -0.2) is 41.0 Å². The van der Waals surface area contributed by atoms with Crippen molar-refractivity contribution in [2.45, 2.75) is 57.6 Å². The highest BCUT2D eigenvalue weighted by molar-refractivity contribution is 5.85. The predicted octanol–water partition coefficient (Wildman–Crippen LogP) is 4.18. The van der Waals surface area contributed by atoms with E-state index in [1.165, 1.54) is 23.3 Å². The minimum atomic E-state index is -0.905. The van der Waals surface area contributed by atoms with Gasteiger partial charge in [0.25, 0.3) is 0 Å². The molecule has 0 saturated heterocycles. The van der Waals surface area contributed by atoms with Crippen molar-refractivity contribution in [1.82, 2.24) is 5.32 Å². The molecular weight excluding hydrogens is 433 g/mol. The van der Waals surface area contributed by atoms with Crippen LogP contribution in [0.5, 0.6) is 5.75 Å². The van der Waals surface area contributed by atoms with Gasteiger partial charge in [-0.05, 0) is 74.3 Å². The Morgan fingerprint density at radius 3 is 2.50 bits per heavy atom. The molecule has 7 heteroatoms. The maximum absolute atomic E-state index is 14.0. The molecule has 0 fully saturated rings. The third-order valence-electron chi connectivity index (χ3n) is 5.81. The molecule has 1 atom stereocenters. The summed E-state index contributed by atoms with van der Waals surface area (Å²) >= 11 is 0. The summed E-state index contributed by atoms with van der Waals surface area (Å²) in [6, 6.07) is 12.9. The highest BCUT2D eigenvalue weighted by Gasteiger charge is 2.28. The second-order valence-corrected chi connectivity index (χ2v) is 9.14. The van der Waals surface area contributed by atoms with E-state index in [0.717, 1.165) is 19.3 Å². The van der Waals surface area contributed by atoms with Crippen LogP contribution in [0, 0.1) is 11.7 Å². The molecule has 0 amide bonds. The summed E-state index contributed by atoms with van der Waals surface area (Å²) in [5.74, 6) is -0.821. The van der Waals surface area contributed by atoms with Crippen LogP contribution in [0.25, 0.3) is 0 Å². The third-order valence-corrected chi connectivity index (χ3v) is 5.81. The van der Waals surface area contributed by atoms with E-state index in [4.69, 9.17) is 9.84 Å². The van der Waals surface area contributed by atoms with Crippen molar-refractivity contribution in [3.63, 3.8) is 0 Å². The van der Waals surface area contributed by atoms with E-state index < -0.39 is 17.9 Å². The number of halogens is 2. The first-order chi connectivity index (χ1) is 14.7. The van der Waals surface area contributed by atoms with E-state index in [0.29, 0.717) is 24.4 Å². The van der Waals surface area contributed by atoms with Gasteiger partial charge in [0.15, 0.2) is 11.6 Å². The van der Waals surface area contributed by atoms with Crippen LogP contribution in [0.3, 0.4) is 0 Å². The number of fused-ring (bicyclic) bond motifs is 1. The number of aliphatic hydroxyl groups is 1. The molecule has 2 aromatic rings. The fourth-order valence-corrected chi connectivity index (χ4v) is 4.29. The Kier molecular flexibility index (Phi) is 9.49. The number of rotatable bonds is 11. The minimum Gasteiger partial charge on any atom is -0.488 e. The van der Waals surface area contributed by atoms with Crippen molar-refractivity contribution in [2.24, 2.45) is 5.92 Å². The van der Waals surface area contributed by atoms with Crippen LogP contribution >= 0.6 is 12.4 Å². The van der Waals surface area contributed by atoms with E-state index in [9.17, 15) is 14.3 Å². The Labute approximate surface area is 195 Å². The number of benzene rings is 2. The lowest BCUT2D eigenvalue weighted by atomic mass is 9.88. The summed E-state index contributed by atoms with van der Waals surface area (Å²) in [6.07, 6.45) is 2.65. The Hall–Kier alpha value is -2.15.